The van der Waals surface area contributed by atoms with Crippen LogP contribution in [0.5, 0.6) is 11.5 Å². The van der Waals surface area contributed by atoms with Gasteiger partial charge in [-0.2, -0.15) is 0 Å². The van der Waals surface area contributed by atoms with E-state index in [4.69, 9.17) is 18.9 Å². The Bertz CT molecular complexity index is 1040. The average Bonchev–Trinajstić information content (AvgIpc) is 2.89. The SMILES string of the molecule is CCN(CCc1cc(OC)c(OC)cc1C(OC)c1ccc(F)cc1)/C(=C/C(=O)OC)C(=O)OC. The van der Waals surface area contributed by atoms with Crippen LogP contribution in [0, 0.1) is 5.82 Å². The van der Waals surface area contributed by atoms with Crippen molar-refractivity contribution in [1.29, 1.82) is 0 Å². The number of carbonyl (C=O) groups is 2. The minimum atomic E-state index is -0.661. The quantitative estimate of drug-likeness (QED) is 0.330. The molecule has 35 heavy (non-hydrogen) atoms. The summed E-state index contributed by atoms with van der Waals surface area (Å²) < 4.78 is 39.9. The fourth-order valence-corrected chi connectivity index (χ4v) is 3.74. The van der Waals surface area contributed by atoms with Crippen LogP contribution in [0.15, 0.2) is 48.2 Å². The van der Waals surface area contributed by atoms with E-state index >= 15 is 0 Å². The van der Waals surface area contributed by atoms with Crippen LogP contribution in [0.1, 0.15) is 29.7 Å². The molecule has 0 amide bonds. The zero-order chi connectivity index (χ0) is 26.0. The van der Waals surface area contributed by atoms with Gasteiger partial charge >= 0.3 is 11.9 Å². The van der Waals surface area contributed by atoms with Crippen molar-refractivity contribution < 1.29 is 37.7 Å². The highest BCUT2D eigenvalue weighted by Crippen LogP contribution is 2.37. The molecular formula is C26H32FNO7. The summed E-state index contributed by atoms with van der Waals surface area (Å²) in [5.41, 5.74) is 2.50. The molecule has 0 spiro atoms. The van der Waals surface area contributed by atoms with Crippen LogP contribution in [0.4, 0.5) is 4.39 Å². The maximum absolute atomic E-state index is 13.5. The number of likely N-dealkylation sites (N-methyl/N-ethyl adjacent to an activating group) is 1. The van der Waals surface area contributed by atoms with Crippen molar-refractivity contribution in [2.45, 2.75) is 19.4 Å². The van der Waals surface area contributed by atoms with Crippen LogP contribution in [0.3, 0.4) is 0 Å². The van der Waals surface area contributed by atoms with Gasteiger partial charge in [0.2, 0.25) is 0 Å². The van der Waals surface area contributed by atoms with Crippen LogP contribution in [-0.4, -0.2) is 65.5 Å². The zero-order valence-electron chi connectivity index (χ0n) is 20.9. The number of halogens is 1. The second-order valence-electron chi connectivity index (χ2n) is 7.45. The number of hydrogen-bond donors (Lipinski definition) is 0. The minimum absolute atomic E-state index is 0.0886. The smallest absolute Gasteiger partial charge is 0.354 e. The molecule has 2 aromatic rings. The van der Waals surface area contributed by atoms with Crippen molar-refractivity contribution >= 4 is 11.9 Å². The van der Waals surface area contributed by atoms with E-state index in [2.05, 4.69) is 4.74 Å². The third-order valence-corrected chi connectivity index (χ3v) is 5.56. The molecule has 0 bridgehead atoms. The molecule has 0 N–H and O–H groups in total. The number of carbonyl (C=O) groups excluding carboxylic acids is 2. The second kappa shape index (κ2) is 13.3. The lowest BCUT2D eigenvalue weighted by Crippen LogP contribution is -2.31. The normalized spacial score (nSPS) is 12.0. The van der Waals surface area contributed by atoms with E-state index in [0.717, 1.165) is 22.8 Å². The molecule has 0 aliphatic heterocycles. The molecule has 1 unspecified atom stereocenters. The van der Waals surface area contributed by atoms with Crippen molar-refractivity contribution in [1.82, 2.24) is 4.90 Å². The van der Waals surface area contributed by atoms with Gasteiger partial charge in [0.25, 0.3) is 0 Å². The Labute approximate surface area is 205 Å². The Morgan fingerprint density at radius 2 is 1.60 bits per heavy atom. The van der Waals surface area contributed by atoms with Gasteiger partial charge in [-0.05, 0) is 54.3 Å². The fourth-order valence-electron chi connectivity index (χ4n) is 3.74. The summed E-state index contributed by atoms with van der Waals surface area (Å²) in [5.74, 6) is -0.607. The van der Waals surface area contributed by atoms with Crippen molar-refractivity contribution in [2.75, 3.05) is 48.6 Å². The molecule has 2 rings (SSSR count). The average molecular weight is 490 g/mol. The molecule has 0 fully saturated rings. The van der Waals surface area contributed by atoms with E-state index in [1.807, 2.05) is 19.1 Å². The molecule has 0 aliphatic rings. The van der Waals surface area contributed by atoms with E-state index in [1.54, 1.807) is 38.4 Å². The number of nitrogens with zero attached hydrogens (tertiary/aromatic N) is 1. The largest absolute Gasteiger partial charge is 0.493 e. The first kappa shape index (κ1) is 27.7. The first-order chi connectivity index (χ1) is 16.8. The molecule has 2 aromatic carbocycles. The zero-order valence-corrected chi connectivity index (χ0v) is 20.9. The van der Waals surface area contributed by atoms with Gasteiger partial charge in [-0.1, -0.05) is 12.1 Å². The van der Waals surface area contributed by atoms with Gasteiger partial charge in [0.15, 0.2) is 11.5 Å². The standard InChI is InChI=1S/C26H32FNO7/c1-7-28(21(26(30)35-6)16-24(29)33-4)13-12-18-14-22(31-2)23(32-3)15-20(18)25(34-5)17-8-10-19(27)11-9-17/h8-11,14-16,25H,7,12-13H2,1-6H3/b21-16+. The number of benzene rings is 2. The summed E-state index contributed by atoms with van der Waals surface area (Å²) in [6.45, 7) is 2.67. The monoisotopic (exact) mass is 489 g/mol. The Morgan fingerprint density at radius 1 is 0.971 bits per heavy atom. The number of ether oxygens (including phenoxy) is 5. The highest BCUT2D eigenvalue weighted by molar-refractivity contribution is 5.95. The lowest BCUT2D eigenvalue weighted by atomic mass is 9.94. The maximum Gasteiger partial charge on any atom is 0.354 e. The Kier molecular flexibility index (Phi) is 10.5. The molecule has 9 heteroatoms. The number of hydrogen-bond acceptors (Lipinski definition) is 8. The van der Waals surface area contributed by atoms with Crippen molar-refractivity contribution in [3.63, 3.8) is 0 Å². The minimum Gasteiger partial charge on any atom is -0.493 e. The van der Waals surface area contributed by atoms with E-state index in [1.165, 1.54) is 26.4 Å². The van der Waals surface area contributed by atoms with Gasteiger partial charge in [-0.15, -0.1) is 0 Å². The van der Waals surface area contributed by atoms with Gasteiger partial charge in [-0.25, -0.2) is 14.0 Å². The maximum atomic E-state index is 13.5. The van der Waals surface area contributed by atoms with Crippen LogP contribution in [-0.2, 0) is 30.2 Å². The first-order valence-electron chi connectivity index (χ1n) is 11.0. The van der Waals surface area contributed by atoms with E-state index in [-0.39, 0.29) is 11.5 Å². The molecule has 0 saturated heterocycles. The third kappa shape index (κ3) is 6.95. The van der Waals surface area contributed by atoms with Gasteiger partial charge in [0.1, 0.15) is 17.6 Å². The second-order valence-corrected chi connectivity index (χ2v) is 7.45. The molecule has 0 aliphatic carbocycles. The van der Waals surface area contributed by atoms with E-state index < -0.39 is 18.0 Å². The van der Waals surface area contributed by atoms with Crippen LogP contribution < -0.4 is 9.47 Å². The first-order valence-corrected chi connectivity index (χ1v) is 11.0. The third-order valence-electron chi connectivity index (χ3n) is 5.56. The molecule has 0 saturated carbocycles. The van der Waals surface area contributed by atoms with E-state index in [0.29, 0.717) is 31.0 Å². The van der Waals surface area contributed by atoms with Crippen LogP contribution in [0.2, 0.25) is 0 Å². The Hall–Kier alpha value is -3.59. The highest BCUT2D eigenvalue weighted by Gasteiger charge is 2.23. The number of esters is 2. The van der Waals surface area contributed by atoms with E-state index in [9.17, 15) is 14.0 Å². The molecular weight excluding hydrogens is 457 g/mol. The number of rotatable bonds is 12. The Morgan fingerprint density at radius 3 is 2.11 bits per heavy atom. The lowest BCUT2D eigenvalue weighted by molar-refractivity contribution is -0.140. The summed E-state index contributed by atoms with van der Waals surface area (Å²) in [7, 11) is 7.14. The molecule has 8 nitrogen and oxygen atoms in total. The number of methoxy groups -OCH3 is 5. The summed E-state index contributed by atoms with van der Waals surface area (Å²) in [6, 6.07) is 9.75. The van der Waals surface area contributed by atoms with Crippen LogP contribution >= 0.6 is 0 Å². The van der Waals surface area contributed by atoms with Gasteiger partial charge < -0.3 is 28.6 Å². The summed E-state index contributed by atoms with van der Waals surface area (Å²) >= 11 is 0. The summed E-state index contributed by atoms with van der Waals surface area (Å²) in [5, 5.41) is 0. The van der Waals surface area contributed by atoms with Crippen molar-refractivity contribution in [3.05, 3.63) is 70.7 Å². The molecule has 0 aromatic heterocycles. The lowest BCUT2D eigenvalue weighted by Gasteiger charge is -2.26. The molecule has 190 valence electrons. The van der Waals surface area contributed by atoms with Crippen LogP contribution in [0.25, 0.3) is 0 Å². The molecule has 1 atom stereocenters. The topological polar surface area (TPSA) is 83.5 Å². The summed E-state index contributed by atoms with van der Waals surface area (Å²) in [4.78, 5) is 25.9. The molecule has 0 heterocycles. The fraction of sp³-hybridized carbons (Fsp3) is 0.385. The molecule has 0 radical (unpaired) electrons. The predicted molar refractivity (Wildman–Crippen MR) is 128 cm³/mol. The van der Waals surface area contributed by atoms with Gasteiger partial charge in [-0.3, -0.25) is 0 Å². The summed E-state index contributed by atoms with van der Waals surface area (Å²) in [6.07, 6.45) is 1.06. The van der Waals surface area contributed by atoms with Crippen molar-refractivity contribution in [3.8, 4) is 11.5 Å². The highest BCUT2D eigenvalue weighted by atomic mass is 19.1. The van der Waals surface area contributed by atoms with Crippen molar-refractivity contribution in [2.24, 2.45) is 0 Å². The predicted octanol–water partition coefficient (Wildman–Crippen LogP) is 3.67. The van der Waals surface area contributed by atoms with Gasteiger partial charge in [0, 0.05) is 20.2 Å². The van der Waals surface area contributed by atoms with Gasteiger partial charge in [0.05, 0.1) is 34.5 Å². The Balaban J connectivity index is 2.51.